The number of nitrogens with zero attached hydrogens (tertiary/aromatic N) is 1. The number of carbonyl (C=O) groups excluding carboxylic acids is 3. The molecule has 0 aliphatic carbocycles. The lowest BCUT2D eigenvalue weighted by atomic mass is 10.0. The van der Waals surface area contributed by atoms with Crippen LogP contribution in [0.2, 0.25) is 0 Å². The van der Waals surface area contributed by atoms with Crippen LogP contribution in [0, 0.1) is 0 Å². The van der Waals surface area contributed by atoms with Crippen molar-refractivity contribution >= 4 is 17.9 Å². The van der Waals surface area contributed by atoms with E-state index in [1.54, 1.807) is 32.9 Å². The number of rotatable bonds is 6. The molecule has 1 atom stereocenters. The molecule has 27 heavy (non-hydrogen) atoms. The molecule has 1 N–H and O–H groups in total. The number of benzene rings is 1. The van der Waals surface area contributed by atoms with Crippen LogP contribution in [0.3, 0.4) is 0 Å². The molecule has 3 amide bonds. The fourth-order valence-corrected chi connectivity index (χ4v) is 2.60. The Hall–Kier alpha value is -2.45. The molecular weight excluding hydrogens is 352 g/mol. The minimum Gasteiger partial charge on any atom is -0.445 e. The van der Waals surface area contributed by atoms with Gasteiger partial charge in [0, 0.05) is 6.42 Å². The van der Waals surface area contributed by atoms with Gasteiger partial charge in [-0.3, -0.25) is 9.59 Å². The molecule has 2 rings (SSSR count). The van der Waals surface area contributed by atoms with Crippen LogP contribution >= 0.6 is 0 Å². The first-order valence-corrected chi connectivity index (χ1v) is 8.71. The van der Waals surface area contributed by atoms with Gasteiger partial charge in [0.25, 0.3) is 11.8 Å². The number of amides is 3. The van der Waals surface area contributed by atoms with E-state index in [1.165, 1.54) is 12.1 Å². The zero-order valence-corrected chi connectivity index (χ0v) is 16.5. The van der Waals surface area contributed by atoms with Gasteiger partial charge in [-0.25, -0.2) is 20.0 Å². The molecule has 1 aliphatic rings. The summed E-state index contributed by atoms with van der Waals surface area (Å²) in [7, 11) is 0. The van der Waals surface area contributed by atoms with Crippen molar-refractivity contribution in [3.63, 3.8) is 0 Å². The fourth-order valence-electron chi connectivity index (χ4n) is 2.60. The third-order valence-electron chi connectivity index (χ3n) is 3.60. The Labute approximate surface area is 158 Å². The summed E-state index contributed by atoms with van der Waals surface area (Å²) in [5.74, 6) is -1.19. The molecule has 0 radical (unpaired) electrons. The van der Waals surface area contributed by atoms with E-state index in [9.17, 15) is 14.4 Å². The molecule has 0 bridgehead atoms. The average molecular weight is 378 g/mol. The van der Waals surface area contributed by atoms with Crippen LogP contribution in [0.1, 0.15) is 68.7 Å². The van der Waals surface area contributed by atoms with Crippen LogP contribution < -0.4 is 5.43 Å². The topological polar surface area (TPSA) is 94.2 Å². The monoisotopic (exact) mass is 378 g/mol. The highest BCUT2D eigenvalue weighted by Crippen LogP contribution is 2.23. The summed E-state index contributed by atoms with van der Waals surface area (Å²) in [5.41, 5.74) is 1.51. The van der Waals surface area contributed by atoms with Gasteiger partial charge in [-0.2, -0.15) is 5.01 Å². The van der Waals surface area contributed by atoms with Crippen LogP contribution in [0.5, 0.6) is 0 Å². The maximum atomic E-state index is 12.2. The number of hydrogen-bond donors (Lipinski definition) is 1. The smallest absolute Gasteiger partial charge is 0.426 e. The summed E-state index contributed by atoms with van der Waals surface area (Å²) in [6, 6.07) is 6.35. The molecule has 0 spiro atoms. The second-order valence-electron chi connectivity index (χ2n) is 8.06. The van der Waals surface area contributed by atoms with Crippen molar-refractivity contribution in [2.24, 2.45) is 0 Å². The number of imide groups is 1. The SMILES string of the molecule is CC(CC(C)(C)OOC(C)(C)C)OC(=O)NN1C(=O)c2ccccc2C1=O. The van der Waals surface area contributed by atoms with Gasteiger partial charge in [-0.15, -0.1) is 0 Å². The van der Waals surface area contributed by atoms with Crippen LogP contribution in [0.25, 0.3) is 0 Å². The van der Waals surface area contributed by atoms with Gasteiger partial charge in [-0.1, -0.05) is 12.1 Å². The van der Waals surface area contributed by atoms with E-state index < -0.39 is 35.2 Å². The first-order valence-electron chi connectivity index (χ1n) is 8.71. The first-order chi connectivity index (χ1) is 12.4. The molecule has 148 valence electrons. The molecule has 0 saturated carbocycles. The number of hydrazine groups is 1. The van der Waals surface area contributed by atoms with Gasteiger partial charge < -0.3 is 4.74 Å². The van der Waals surface area contributed by atoms with Crippen molar-refractivity contribution in [2.75, 3.05) is 0 Å². The third kappa shape index (κ3) is 5.51. The van der Waals surface area contributed by atoms with Crippen molar-refractivity contribution in [3.05, 3.63) is 35.4 Å². The maximum Gasteiger partial charge on any atom is 0.426 e. The molecule has 1 aromatic carbocycles. The van der Waals surface area contributed by atoms with E-state index in [4.69, 9.17) is 14.5 Å². The molecule has 8 nitrogen and oxygen atoms in total. The molecule has 0 aromatic heterocycles. The van der Waals surface area contributed by atoms with Gasteiger partial charge in [0.05, 0.1) is 16.7 Å². The predicted molar refractivity (Wildman–Crippen MR) is 96.6 cm³/mol. The highest BCUT2D eigenvalue weighted by atomic mass is 17.2. The number of fused-ring (bicyclic) bond motifs is 1. The molecule has 0 saturated heterocycles. The average Bonchev–Trinajstić information content (AvgIpc) is 2.77. The second kappa shape index (κ2) is 7.66. The zero-order chi connectivity index (χ0) is 20.4. The maximum absolute atomic E-state index is 12.2. The molecule has 1 aliphatic heterocycles. The second-order valence-corrected chi connectivity index (χ2v) is 8.06. The third-order valence-corrected chi connectivity index (χ3v) is 3.60. The van der Waals surface area contributed by atoms with Crippen LogP contribution in [0.15, 0.2) is 24.3 Å². The molecule has 1 heterocycles. The Kier molecular flexibility index (Phi) is 5.91. The van der Waals surface area contributed by atoms with Gasteiger partial charge in [-0.05, 0) is 53.7 Å². The number of ether oxygens (including phenoxy) is 1. The van der Waals surface area contributed by atoms with Crippen molar-refractivity contribution in [1.82, 2.24) is 10.4 Å². The standard InChI is InChI=1S/C19H26N2O6/c1-12(11-19(5,6)27-26-18(2,3)4)25-17(24)20-21-15(22)13-9-7-8-10-14(13)16(21)23/h7-10,12H,11H2,1-6H3,(H,20,24). The number of nitrogens with one attached hydrogen (secondary N) is 1. The minimum absolute atomic E-state index is 0.240. The van der Waals surface area contributed by atoms with Crippen molar-refractivity contribution in [3.8, 4) is 0 Å². The molecular formula is C19H26N2O6. The summed E-state index contributed by atoms with van der Waals surface area (Å²) in [6.07, 6.45) is -1.10. The van der Waals surface area contributed by atoms with Crippen LogP contribution in [0.4, 0.5) is 4.79 Å². The largest absolute Gasteiger partial charge is 0.445 e. The highest BCUT2D eigenvalue weighted by molar-refractivity contribution is 6.21. The van der Waals surface area contributed by atoms with Crippen LogP contribution in [-0.2, 0) is 14.5 Å². The number of carbonyl (C=O) groups is 3. The Balaban J connectivity index is 1.89. The molecule has 1 aromatic rings. The van der Waals surface area contributed by atoms with E-state index in [2.05, 4.69) is 5.43 Å². The summed E-state index contributed by atoms with van der Waals surface area (Å²) in [5, 5.41) is 0.657. The normalized spacial score (nSPS) is 15.6. The number of hydrogen-bond acceptors (Lipinski definition) is 6. The lowest BCUT2D eigenvalue weighted by Gasteiger charge is -2.30. The summed E-state index contributed by atoms with van der Waals surface area (Å²) in [6.45, 7) is 10.9. The predicted octanol–water partition coefficient (Wildman–Crippen LogP) is 3.23. The van der Waals surface area contributed by atoms with Gasteiger partial charge in [0.15, 0.2) is 0 Å². The summed E-state index contributed by atoms with van der Waals surface area (Å²) in [4.78, 5) is 47.3. The van der Waals surface area contributed by atoms with Gasteiger partial charge in [0.2, 0.25) is 0 Å². The van der Waals surface area contributed by atoms with E-state index in [0.29, 0.717) is 11.4 Å². The summed E-state index contributed by atoms with van der Waals surface area (Å²) < 4.78 is 5.24. The first kappa shape index (κ1) is 20.9. The Morgan fingerprint density at radius 3 is 2.04 bits per heavy atom. The van der Waals surface area contributed by atoms with E-state index in [-0.39, 0.29) is 11.1 Å². The highest BCUT2D eigenvalue weighted by Gasteiger charge is 2.37. The lowest BCUT2D eigenvalue weighted by molar-refractivity contribution is -0.399. The quantitative estimate of drug-likeness (QED) is 0.464. The van der Waals surface area contributed by atoms with Crippen molar-refractivity contribution in [2.45, 2.75) is 65.3 Å². The van der Waals surface area contributed by atoms with E-state index >= 15 is 0 Å². The Morgan fingerprint density at radius 2 is 1.56 bits per heavy atom. The minimum atomic E-state index is -0.899. The Bertz CT molecular complexity index is 703. The Morgan fingerprint density at radius 1 is 1.04 bits per heavy atom. The van der Waals surface area contributed by atoms with Crippen molar-refractivity contribution < 1.29 is 28.9 Å². The van der Waals surface area contributed by atoms with Gasteiger partial charge in [0.1, 0.15) is 11.7 Å². The molecule has 8 heteroatoms. The van der Waals surface area contributed by atoms with E-state index in [0.717, 1.165) is 0 Å². The van der Waals surface area contributed by atoms with Gasteiger partial charge >= 0.3 is 6.09 Å². The zero-order valence-electron chi connectivity index (χ0n) is 16.5. The lowest BCUT2D eigenvalue weighted by Crippen LogP contribution is -2.47. The molecule has 0 fully saturated rings. The van der Waals surface area contributed by atoms with Crippen LogP contribution in [-0.4, -0.2) is 40.2 Å². The summed E-state index contributed by atoms with van der Waals surface area (Å²) >= 11 is 0. The van der Waals surface area contributed by atoms with E-state index in [1.807, 2.05) is 20.8 Å². The molecule has 1 unspecified atom stereocenters. The fraction of sp³-hybridized carbons (Fsp3) is 0.526. The van der Waals surface area contributed by atoms with Crippen molar-refractivity contribution in [1.29, 1.82) is 0 Å².